The summed E-state index contributed by atoms with van der Waals surface area (Å²) in [5.41, 5.74) is 4.94. The topological polar surface area (TPSA) is 38.0 Å². The molecule has 6 rings (SSSR count). The van der Waals surface area contributed by atoms with E-state index in [0.29, 0.717) is 0 Å². The lowest BCUT2D eigenvalue weighted by Crippen LogP contribution is -2.48. The van der Waals surface area contributed by atoms with E-state index < -0.39 is 5.60 Å². The summed E-state index contributed by atoms with van der Waals surface area (Å²) < 4.78 is 3.54. The van der Waals surface area contributed by atoms with Crippen LogP contribution in [0.5, 0.6) is 0 Å². The normalized spacial score (nSPS) is 24.5. The molecule has 2 aromatic carbocycles. The fraction of sp³-hybridized carbons (Fsp3) is 0.321. The van der Waals surface area contributed by atoms with Crippen molar-refractivity contribution >= 4 is 27.5 Å². The molecule has 0 bridgehead atoms. The van der Waals surface area contributed by atoms with Gasteiger partial charge in [-0.2, -0.15) is 0 Å². The summed E-state index contributed by atoms with van der Waals surface area (Å²) in [6.45, 7) is 5.26. The Labute approximate surface area is 193 Å². The maximum absolute atomic E-state index is 12.1. The molecular formula is C28H28N2OS. The van der Waals surface area contributed by atoms with Crippen LogP contribution in [-0.4, -0.2) is 14.7 Å². The number of fused-ring (bicyclic) bond motifs is 3. The smallest absolute Gasteiger partial charge is 0.0958 e. The number of allylic oxidation sites excluding steroid dienone is 1. The second-order valence-corrected chi connectivity index (χ2v) is 10.7. The number of hydrogen-bond acceptors (Lipinski definition) is 3. The zero-order valence-corrected chi connectivity index (χ0v) is 19.4. The predicted molar refractivity (Wildman–Crippen MR) is 132 cm³/mol. The van der Waals surface area contributed by atoms with Crippen LogP contribution in [0.25, 0.3) is 27.4 Å². The predicted octanol–water partition coefficient (Wildman–Crippen LogP) is 6.88. The van der Waals surface area contributed by atoms with Gasteiger partial charge in [0.05, 0.1) is 23.3 Å². The molecule has 3 heterocycles. The van der Waals surface area contributed by atoms with Crippen LogP contribution in [0.3, 0.4) is 0 Å². The van der Waals surface area contributed by atoms with E-state index in [4.69, 9.17) is 4.98 Å². The third-order valence-corrected chi connectivity index (χ3v) is 8.85. The molecule has 4 heteroatoms. The SMILES string of the molecule is CC12Cn3cnc(-c4ccccc4)c3C=C1CCCC2[C@](C)(O)c1csc2ccccc12. The molecule has 3 nitrogen and oxygen atoms in total. The van der Waals surface area contributed by atoms with Crippen molar-refractivity contribution < 1.29 is 5.11 Å². The zero-order valence-electron chi connectivity index (χ0n) is 18.6. The molecule has 2 unspecified atom stereocenters. The Bertz CT molecular complexity index is 1330. The zero-order chi connectivity index (χ0) is 21.9. The maximum Gasteiger partial charge on any atom is 0.0958 e. The number of aliphatic hydroxyl groups is 1. The van der Waals surface area contributed by atoms with E-state index in [-0.39, 0.29) is 11.3 Å². The Hall–Kier alpha value is -2.69. The molecule has 0 amide bonds. The standard InChI is InChI=1S/C28H28N2OS/c1-27-17-30-18-29-26(19-9-4-3-5-10-19)23(30)15-20(27)11-8-14-25(27)28(2,31)22-16-32-24-13-7-6-12-21(22)24/h3-7,9-10,12-13,15-16,18,25,31H,8,11,14,17H2,1-2H3/t25?,27?,28-/m1/s1. The molecule has 3 atom stereocenters. The van der Waals surface area contributed by atoms with E-state index in [9.17, 15) is 5.11 Å². The second-order valence-electron chi connectivity index (χ2n) is 9.80. The highest BCUT2D eigenvalue weighted by atomic mass is 32.1. The Morgan fingerprint density at radius 1 is 1.12 bits per heavy atom. The van der Waals surface area contributed by atoms with Crippen molar-refractivity contribution in [1.82, 2.24) is 9.55 Å². The molecule has 2 aliphatic rings. The van der Waals surface area contributed by atoms with Gasteiger partial charge in [0, 0.05) is 33.7 Å². The molecule has 0 radical (unpaired) electrons. The molecule has 2 aromatic heterocycles. The summed E-state index contributed by atoms with van der Waals surface area (Å²) in [5.74, 6) is 0.142. The number of benzene rings is 2. The van der Waals surface area contributed by atoms with E-state index in [1.807, 2.05) is 19.3 Å². The highest BCUT2D eigenvalue weighted by molar-refractivity contribution is 7.17. The summed E-state index contributed by atoms with van der Waals surface area (Å²) in [6, 6.07) is 18.9. The van der Waals surface area contributed by atoms with E-state index in [1.54, 1.807) is 11.3 Å². The van der Waals surface area contributed by atoms with Crippen LogP contribution in [-0.2, 0) is 12.1 Å². The van der Waals surface area contributed by atoms with Gasteiger partial charge in [0.25, 0.3) is 0 Å². The quantitative estimate of drug-likeness (QED) is 0.377. The van der Waals surface area contributed by atoms with Crippen molar-refractivity contribution in [3.8, 4) is 11.3 Å². The van der Waals surface area contributed by atoms with Gasteiger partial charge in [-0.1, -0.05) is 61.0 Å². The summed E-state index contributed by atoms with van der Waals surface area (Å²) in [4.78, 5) is 4.79. The van der Waals surface area contributed by atoms with Crippen molar-refractivity contribution in [1.29, 1.82) is 0 Å². The van der Waals surface area contributed by atoms with Gasteiger partial charge >= 0.3 is 0 Å². The maximum atomic E-state index is 12.1. The van der Waals surface area contributed by atoms with Crippen LogP contribution >= 0.6 is 11.3 Å². The molecule has 32 heavy (non-hydrogen) atoms. The minimum atomic E-state index is -0.895. The number of aromatic nitrogens is 2. The number of thiophene rings is 1. The molecule has 1 N–H and O–H groups in total. The fourth-order valence-electron chi connectivity index (χ4n) is 6.24. The molecule has 1 aliphatic carbocycles. The third kappa shape index (κ3) is 2.86. The van der Waals surface area contributed by atoms with Crippen LogP contribution in [0.1, 0.15) is 44.4 Å². The van der Waals surface area contributed by atoms with Gasteiger partial charge < -0.3 is 9.67 Å². The fourth-order valence-corrected chi connectivity index (χ4v) is 7.31. The van der Waals surface area contributed by atoms with Crippen molar-refractivity contribution in [3.63, 3.8) is 0 Å². The largest absolute Gasteiger partial charge is 0.385 e. The first-order valence-corrected chi connectivity index (χ1v) is 12.4. The molecule has 0 spiro atoms. The Morgan fingerprint density at radius 2 is 1.91 bits per heavy atom. The third-order valence-electron chi connectivity index (χ3n) is 7.88. The van der Waals surface area contributed by atoms with E-state index in [0.717, 1.165) is 42.6 Å². The van der Waals surface area contributed by atoms with Crippen molar-refractivity contribution in [3.05, 3.63) is 83.1 Å². The van der Waals surface area contributed by atoms with Crippen LogP contribution in [0.2, 0.25) is 0 Å². The van der Waals surface area contributed by atoms with E-state index in [1.165, 1.54) is 21.4 Å². The first kappa shape index (κ1) is 20.0. The molecule has 1 fully saturated rings. The number of hydrogen-bond donors (Lipinski definition) is 1. The molecular weight excluding hydrogens is 412 g/mol. The van der Waals surface area contributed by atoms with Gasteiger partial charge in [0.2, 0.25) is 0 Å². The van der Waals surface area contributed by atoms with Crippen LogP contribution in [0, 0.1) is 11.3 Å². The first-order chi connectivity index (χ1) is 15.5. The molecule has 4 aromatic rings. The van der Waals surface area contributed by atoms with Crippen molar-refractivity contribution in [2.75, 3.05) is 0 Å². The second kappa shape index (κ2) is 7.16. The average Bonchev–Trinajstić information content (AvgIpc) is 3.41. The molecule has 1 saturated carbocycles. The number of rotatable bonds is 3. The molecule has 1 aliphatic heterocycles. The number of imidazole rings is 1. The minimum absolute atomic E-state index is 0.105. The van der Waals surface area contributed by atoms with Crippen molar-refractivity contribution in [2.24, 2.45) is 11.3 Å². The molecule has 162 valence electrons. The van der Waals surface area contributed by atoms with Crippen LogP contribution in [0.15, 0.2) is 71.9 Å². The lowest BCUT2D eigenvalue weighted by molar-refractivity contribution is -0.0700. The van der Waals surface area contributed by atoms with E-state index in [2.05, 4.69) is 71.5 Å². The minimum Gasteiger partial charge on any atom is -0.385 e. The van der Waals surface area contributed by atoms with Gasteiger partial charge in [0.15, 0.2) is 0 Å². The van der Waals surface area contributed by atoms with Gasteiger partial charge in [-0.25, -0.2) is 4.98 Å². The van der Waals surface area contributed by atoms with Gasteiger partial charge in [-0.05, 0) is 49.1 Å². The van der Waals surface area contributed by atoms with Crippen LogP contribution in [0.4, 0.5) is 0 Å². The highest BCUT2D eigenvalue weighted by Gasteiger charge is 2.51. The summed E-state index contributed by atoms with van der Waals surface area (Å²) in [5, 5.41) is 15.4. The number of nitrogens with zero attached hydrogens (tertiary/aromatic N) is 2. The Morgan fingerprint density at radius 3 is 2.75 bits per heavy atom. The van der Waals surface area contributed by atoms with Crippen LogP contribution < -0.4 is 0 Å². The Balaban J connectivity index is 1.43. The van der Waals surface area contributed by atoms with Gasteiger partial charge in [-0.3, -0.25) is 0 Å². The first-order valence-electron chi connectivity index (χ1n) is 11.5. The lowest BCUT2D eigenvalue weighted by atomic mass is 9.57. The van der Waals surface area contributed by atoms with E-state index >= 15 is 0 Å². The van der Waals surface area contributed by atoms with Gasteiger partial charge in [-0.15, -0.1) is 11.3 Å². The average molecular weight is 441 g/mol. The van der Waals surface area contributed by atoms with Gasteiger partial charge in [0.1, 0.15) is 0 Å². The lowest BCUT2D eigenvalue weighted by Gasteiger charge is -2.51. The molecule has 0 saturated heterocycles. The summed E-state index contributed by atoms with van der Waals surface area (Å²) >= 11 is 1.73. The monoisotopic (exact) mass is 440 g/mol. The summed E-state index contributed by atoms with van der Waals surface area (Å²) in [7, 11) is 0. The van der Waals surface area contributed by atoms with Crippen molar-refractivity contribution in [2.45, 2.75) is 45.3 Å². The highest BCUT2D eigenvalue weighted by Crippen LogP contribution is 2.56. The summed E-state index contributed by atoms with van der Waals surface area (Å²) in [6.07, 6.45) is 7.58. The Kier molecular flexibility index (Phi) is 4.46.